The highest BCUT2D eigenvalue weighted by molar-refractivity contribution is 9.10. The van der Waals surface area contributed by atoms with Crippen molar-refractivity contribution in [2.45, 2.75) is 0 Å². The molecule has 3 N–H and O–H groups in total. The van der Waals surface area contributed by atoms with Gasteiger partial charge in [0.2, 0.25) is 0 Å². The normalized spacial score (nSPS) is 11.6. The average Bonchev–Trinajstić information content (AvgIpc) is 3.06. The van der Waals surface area contributed by atoms with Crippen molar-refractivity contribution in [1.82, 2.24) is 9.97 Å². The maximum absolute atomic E-state index is 10.2. The first-order valence-corrected chi connectivity index (χ1v) is 9.34. The number of aromatic nitrogens is 2. The lowest BCUT2D eigenvalue weighted by atomic mass is 9.91. The summed E-state index contributed by atoms with van der Waals surface area (Å²) in [6.45, 7) is 0. The molecule has 6 heteroatoms. The third-order valence-electron chi connectivity index (χ3n) is 4.91. The number of imidazole rings is 1. The number of nitrogens with one attached hydrogen (secondary N) is 1. The molecule has 0 amide bonds. The van der Waals surface area contributed by atoms with E-state index in [4.69, 9.17) is 4.98 Å². The molecule has 0 atom stereocenters. The van der Waals surface area contributed by atoms with E-state index in [1.54, 1.807) is 12.1 Å². The van der Waals surface area contributed by atoms with E-state index < -0.39 is 0 Å². The van der Waals surface area contributed by atoms with Crippen molar-refractivity contribution in [2.24, 2.45) is 0 Å². The SMILES string of the molecule is Bc1ccc2c(c1)c1cc(Br)ccc1c1[nH]c(-c3ccc(O)cc3O)nc21. The molecular weight excluding hydrogens is 403 g/mol. The van der Waals surface area contributed by atoms with Gasteiger partial charge in [0.15, 0.2) is 0 Å². The highest BCUT2D eigenvalue weighted by Crippen LogP contribution is 2.38. The summed E-state index contributed by atoms with van der Waals surface area (Å²) < 4.78 is 1.02. The van der Waals surface area contributed by atoms with Crippen molar-refractivity contribution in [3.63, 3.8) is 0 Å². The summed E-state index contributed by atoms with van der Waals surface area (Å²) in [7, 11) is 2.08. The van der Waals surface area contributed by atoms with Crippen LogP contribution < -0.4 is 5.46 Å². The van der Waals surface area contributed by atoms with Crippen LogP contribution in [0.2, 0.25) is 0 Å². The predicted octanol–water partition coefficient (Wildman–Crippen LogP) is 3.97. The minimum absolute atomic E-state index is 0.0127. The Morgan fingerprint density at radius 3 is 2.44 bits per heavy atom. The third-order valence-corrected chi connectivity index (χ3v) is 5.40. The van der Waals surface area contributed by atoms with Gasteiger partial charge in [0.25, 0.3) is 0 Å². The zero-order chi connectivity index (χ0) is 18.7. The lowest BCUT2D eigenvalue weighted by Crippen LogP contribution is -2.00. The van der Waals surface area contributed by atoms with Crippen molar-refractivity contribution < 1.29 is 10.2 Å². The summed E-state index contributed by atoms with van der Waals surface area (Å²) in [5.41, 5.74) is 3.53. The van der Waals surface area contributed by atoms with E-state index in [1.165, 1.54) is 11.5 Å². The fourth-order valence-electron chi connectivity index (χ4n) is 3.66. The second-order valence-electron chi connectivity index (χ2n) is 6.75. The highest BCUT2D eigenvalue weighted by atomic mass is 79.9. The van der Waals surface area contributed by atoms with Gasteiger partial charge in [-0.15, -0.1) is 0 Å². The van der Waals surface area contributed by atoms with Gasteiger partial charge in [-0.05, 0) is 35.0 Å². The van der Waals surface area contributed by atoms with Crippen LogP contribution in [0.15, 0.2) is 59.1 Å². The van der Waals surface area contributed by atoms with Gasteiger partial charge in [-0.25, -0.2) is 4.98 Å². The molecule has 0 fully saturated rings. The second kappa shape index (κ2) is 5.76. The van der Waals surface area contributed by atoms with Crippen molar-refractivity contribution in [2.75, 3.05) is 0 Å². The molecule has 1 aromatic heterocycles. The Bertz CT molecular complexity index is 1300. The number of aromatic amines is 1. The molecule has 0 saturated heterocycles. The van der Waals surface area contributed by atoms with Crippen molar-refractivity contribution in [3.8, 4) is 22.9 Å². The highest BCUT2D eigenvalue weighted by Gasteiger charge is 2.16. The minimum Gasteiger partial charge on any atom is -0.508 e. The molecule has 4 nitrogen and oxygen atoms in total. The standard InChI is InChI=1S/C21H14BBrN2O2/c22-10-1-4-13-16(7-10)17-8-11(23)2-5-14(17)20-19(13)24-21(25-20)15-6-3-12(26)9-18(15)27/h1-9,26-27H,22H2,(H,24,25). The Morgan fingerprint density at radius 1 is 0.852 bits per heavy atom. The van der Waals surface area contributed by atoms with Crippen LogP contribution in [0.1, 0.15) is 0 Å². The number of nitrogens with zero attached hydrogens (tertiary/aromatic N) is 1. The van der Waals surface area contributed by atoms with Crippen LogP contribution in [-0.2, 0) is 0 Å². The number of hydrogen-bond acceptors (Lipinski definition) is 3. The first-order valence-electron chi connectivity index (χ1n) is 8.55. The van der Waals surface area contributed by atoms with Crippen molar-refractivity contribution in [3.05, 3.63) is 59.1 Å². The van der Waals surface area contributed by atoms with Gasteiger partial charge in [0.1, 0.15) is 25.2 Å². The number of aromatic hydroxyl groups is 2. The molecule has 0 spiro atoms. The monoisotopic (exact) mass is 416 g/mol. The Kier molecular flexibility index (Phi) is 3.46. The maximum Gasteiger partial charge on any atom is 0.142 e. The van der Waals surface area contributed by atoms with Crippen molar-refractivity contribution >= 4 is 61.8 Å². The summed E-state index contributed by atoms with van der Waals surface area (Å²) >= 11 is 3.58. The zero-order valence-corrected chi connectivity index (χ0v) is 16.0. The number of H-pyrrole nitrogens is 1. The molecule has 5 rings (SSSR count). The van der Waals surface area contributed by atoms with Crippen LogP contribution in [0.4, 0.5) is 0 Å². The Morgan fingerprint density at radius 2 is 1.63 bits per heavy atom. The first kappa shape index (κ1) is 16.2. The van der Waals surface area contributed by atoms with Gasteiger partial charge in [-0.2, -0.15) is 0 Å². The molecule has 0 unspecified atom stereocenters. The molecule has 0 aliphatic heterocycles. The summed E-state index contributed by atoms with van der Waals surface area (Å²) in [5.74, 6) is 0.574. The van der Waals surface area contributed by atoms with E-state index in [1.807, 2.05) is 6.07 Å². The topological polar surface area (TPSA) is 69.1 Å². The fraction of sp³-hybridized carbons (Fsp3) is 0. The Labute approximate surface area is 164 Å². The molecular formula is C21H14BBrN2O2. The van der Waals surface area contributed by atoms with E-state index in [2.05, 4.69) is 59.1 Å². The zero-order valence-electron chi connectivity index (χ0n) is 14.4. The quantitative estimate of drug-likeness (QED) is 0.286. The molecule has 0 saturated carbocycles. The molecule has 130 valence electrons. The fourth-order valence-corrected chi connectivity index (χ4v) is 4.02. The molecule has 27 heavy (non-hydrogen) atoms. The maximum atomic E-state index is 10.2. The van der Waals surface area contributed by atoms with Crippen molar-refractivity contribution in [1.29, 1.82) is 0 Å². The molecule has 0 radical (unpaired) electrons. The number of benzene rings is 4. The summed E-state index contributed by atoms with van der Waals surface area (Å²) in [5, 5.41) is 24.2. The molecule has 4 aromatic carbocycles. The summed E-state index contributed by atoms with van der Waals surface area (Å²) in [6.07, 6.45) is 0. The number of halogens is 1. The third kappa shape index (κ3) is 2.48. The Balaban J connectivity index is 1.94. The van der Waals surface area contributed by atoms with Crippen LogP contribution in [0.25, 0.3) is 44.0 Å². The Hall–Kier alpha value is -2.99. The van der Waals surface area contributed by atoms with Crippen LogP contribution >= 0.6 is 15.9 Å². The second-order valence-corrected chi connectivity index (χ2v) is 7.67. The largest absolute Gasteiger partial charge is 0.508 e. The van der Waals surface area contributed by atoms with E-state index in [0.717, 1.165) is 37.1 Å². The van der Waals surface area contributed by atoms with Crippen LogP contribution in [0, 0.1) is 0 Å². The van der Waals surface area contributed by atoms with Crippen LogP contribution in [0.5, 0.6) is 11.5 Å². The smallest absolute Gasteiger partial charge is 0.142 e. The van der Waals surface area contributed by atoms with Gasteiger partial charge in [0.05, 0.1) is 16.6 Å². The average molecular weight is 417 g/mol. The van der Waals surface area contributed by atoms with E-state index in [9.17, 15) is 10.2 Å². The summed E-state index contributed by atoms with van der Waals surface area (Å²) in [4.78, 5) is 8.17. The number of rotatable bonds is 1. The molecule has 0 aliphatic carbocycles. The van der Waals surface area contributed by atoms with Gasteiger partial charge in [-0.1, -0.05) is 45.7 Å². The number of hydrogen-bond donors (Lipinski definition) is 3. The minimum atomic E-state index is -0.0127. The number of phenolic OH excluding ortho intramolecular Hbond substituents is 2. The van der Waals surface area contributed by atoms with E-state index in [0.29, 0.717) is 11.4 Å². The molecule has 0 bridgehead atoms. The van der Waals surface area contributed by atoms with Gasteiger partial charge in [0, 0.05) is 21.3 Å². The van der Waals surface area contributed by atoms with Crippen LogP contribution in [-0.4, -0.2) is 28.0 Å². The van der Waals surface area contributed by atoms with E-state index >= 15 is 0 Å². The van der Waals surface area contributed by atoms with E-state index in [-0.39, 0.29) is 11.5 Å². The lowest BCUT2D eigenvalue weighted by molar-refractivity contribution is 0.451. The van der Waals surface area contributed by atoms with Gasteiger partial charge >= 0.3 is 0 Å². The molecule has 0 aliphatic rings. The van der Waals surface area contributed by atoms with Crippen LogP contribution in [0.3, 0.4) is 0 Å². The molecule has 5 aromatic rings. The lowest BCUT2D eigenvalue weighted by Gasteiger charge is -2.07. The number of phenols is 2. The number of fused-ring (bicyclic) bond motifs is 6. The van der Waals surface area contributed by atoms with Gasteiger partial charge < -0.3 is 15.2 Å². The predicted molar refractivity (Wildman–Crippen MR) is 116 cm³/mol. The summed E-state index contributed by atoms with van der Waals surface area (Å²) in [6, 6.07) is 17.1. The molecule has 1 heterocycles. The first-order chi connectivity index (χ1) is 13.0. The van der Waals surface area contributed by atoms with Gasteiger partial charge in [-0.3, -0.25) is 0 Å².